The van der Waals surface area contributed by atoms with Crippen LogP contribution in [0.4, 0.5) is 0 Å². The van der Waals surface area contributed by atoms with Crippen LogP contribution in [-0.4, -0.2) is 17.9 Å². The molecule has 6 nitrogen and oxygen atoms in total. The van der Waals surface area contributed by atoms with Gasteiger partial charge in [0.1, 0.15) is 0 Å². The number of hydrogen-bond donors (Lipinski definition) is 0. The van der Waals surface area contributed by atoms with Crippen molar-refractivity contribution in [3.63, 3.8) is 0 Å². The van der Waals surface area contributed by atoms with Gasteiger partial charge < -0.3 is 29.7 Å². The van der Waals surface area contributed by atoms with Gasteiger partial charge in [0.2, 0.25) is 0 Å². The molecule has 0 spiro atoms. The summed E-state index contributed by atoms with van der Waals surface area (Å²) in [7, 11) is 0. The lowest BCUT2D eigenvalue weighted by Gasteiger charge is -2.28. The summed E-state index contributed by atoms with van der Waals surface area (Å²) in [4.78, 5) is 35.7. The predicted molar refractivity (Wildman–Crippen MR) is 95.3 cm³/mol. The zero-order valence-corrected chi connectivity index (χ0v) is 16.3. The van der Waals surface area contributed by atoms with E-state index in [9.17, 15) is 29.7 Å². The Bertz CT molecular complexity index is 705. The molecule has 0 radical (unpaired) electrons. The third-order valence-electron chi connectivity index (χ3n) is 4.77. The van der Waals surface area contributed by atoms with Crippen LogP contribution in [-0.2, 0) is 19.3 Å². The first-order chi connectivity index (χ1) is 12.8. The Morgan fingerprint density at radius 1 is 0.556 bits per heavy atom. The van der Waals surface area contributed by atoms with Crippen LogP contribution in [0.5, 0.6) is 0 Å². The molecule has 0 saturated heterocycles. The topological polar surface area (TPSA) is 120 Å². The molecular weight excluding hydrogens is 348 g/mol. The quantitative estimate of drug-likeness (QED) is 0.533. The van der Waals surface area contributed by atoms with Gasteiger partial charge in [-0.2, -0.15) is 0 Å². The Morgan fingerprint density at radius 3 is 1.19 bits per heavy atom. The van der Waals surface area contributed by atoms with Gasteiger partial charge in [-0.1, -0.05) is 40.0 Å². The fourth-order valence-electron chi connectivity index (χ4n) is 3.47. The largest absolute Gasteiger partial charge is 0.545 e. The Labute approximate surface area is 160 Å². The van der Waals surface area contributed by atoms with Crippen molar-refractivity contribution in [1.82, 2.24) is 0 Å². The third kappa shape index (κ3) is 5.31. The molecule has 150 valence electrons. The highest BCUT2D eigenvalue weighted by atomic mass is 16.4. The lowest BCUT2D eigenvalue weighted by atomic mass is 9.81. The fourth-order valence-corrected chi connectivity index (χ4v) is 3.47. The van der Waals surface area contributed by atoms with E-state index < -0.39 is 29.0 Å². The van der Waals surface area contributed by atoms with E-state index in [0.29, 0.717) is 37.7 Å². The Balaban J connectivity index is 3.99. The summed E-state index contributed by atoms with van der Waals surface area (Å²) in [6.07, 6.45) is 4.77. The van der Waals surface area contributed by atoms with E-state index in [2.05, 4.69) is 0 Å². The molecule has 0 heterocycles. The maximum absolute atomic E-state index is 12.0. The summed E-state index contributed by atoms with van der Waals surface area (Å²) >= 11 is 0. The van der Waals surface area contributed by atoms with Crippen LogP contribution in [0, 0.1) is 0 Å². The maximum Gasteiger partial charge on any atom is 0.0725 e. The zero-order valence-electron chi connectivity index (χ0n) is 16.3. The van der Waals surface area contributed by atoms with Crippen molar-refractivity contribution >= 4 is 17.9 Å². The molecule has 0 fully saturated rings. The molecule has 0 N–H and O–H groups in total. The van der Waals surface area contributed by atoms with Crippen molar-refractivity contribution in [3.05, 3.63) is 33.4 Å². The normalized spacial score (nSPS) is 10.8. The molecule has 0 atom stereocenters. The van der Waals surface area contributed by atoms with Crippen LogP contribution >= 0.6 is 0 Å². The third-order valence-corrected chi connectivity index (χ3v) is 4.77. The minimum absolute atomic E-state index is 0.0117. The van der Waals surface area contributed by atoms with Gasteiger partial charge in [0.25, 0.3) is 0 Å². The molecule has 0 aliphatic rings. The van der Waals surface area contributed by atoms with E-state index in [1.807, 2.05) is 20.8 Å². The Hall–Kier alpha value is -2.37. The number of hydrogen-bond acceptors (Lipinski definition) is 6. The van der Waals surface area contributed by atoms with Gasteiger partial charge in [-0.05, 0) is 55.2 Å². The number of carboxylic acid groups (broad SMARTS) is 3. The average molecular weight is 375 g/mol. The van der Waals surface area contributed by atoms with Crippen molar-refractivity contribution in [1.29, 1.82) is 0 Å². The van der Waals surface area contributed by atoms with Crippen LogP contribution in [0.25, 0.3) is 0 Å². The highest BCUT2D eigenvalue weighted by Crippen LogP contribution is 2.32. The first-order valence-corrected chi connectivity index (χ1v) is 9.66. The number of unbranched alkanes of at least 4 members (excludes halogenated alkanes) is 3. The second-order valence-electron chi connectivity index (χ2n) is 6.73. The summed E-state index contributed by atoms with van der Waals surface area (Å²) < 4.78 is 0. The molecule has 0 unspecified atom stereocenters. The molecule has 0 amide bonds. The Kier molecular flexibility index (Phi) is 8.98. The molecule has 1 aromatic carbocycles. The van der Waals surface area contributed by atoms with Gasteiger partial charge in [-0.3, -0.25) is 0 Å². The van der Waals surface area contributed by atoms with Gasteiger partial charge >= 0.3 is 0 Å². The van der Waals surface area contributed by atoms with E-state index in [-0.39, 0.29) is 29.5 Å². The number of benzene rings is 1. The SMILES string of the molecule is CCCCc1c(CCCC)c(C(=O)[O-])c(C(=O)[O-])c(CCCC)c1C(=O)[O-]. The van der Waals surface area contributed by atoms with Gasteiger partial charge in [0.15, 0.2) is 0 Å². The minimum atomic E-state index is -1.69. The monoisotopic (exact) mass is 375 g/mol. The smallest absolute Gasteiger partial charge is 0.0725 e. The van der Waals surface area contributed by atoms with Crippen molar-refractivity contribution in [2.45, 2.75) is 78.6 Å². The molecule has 1 aromatic rings. The second kappa shape index (κ2) is 10.7. The van der Waals surface area contributed by atoms with Gasteiger partial charge in [0.05, 0.1) is 17.9 Å². The molecule has 27 heavy (non-hydrogen) atoms. The summed E-state index contributed by atoms with van der Waals surface area (Å²) in [6.45, 7) is 5.74. The Morgan fingerprint density at radius 2 is 0.852 bits per heavy atom. The van der Waals surface area contributed by atoms with Gasteiger partial charge in [-0.15, -0.1) is 0 Å². The van der Waals surface area contributed by atoms with E-state index >= 15 is 0 Å². The maximum atomic E-state index is 12.0. The molecular formula is C21H27O6-3. The molecule has 0 bridgehead atoms. The standard InChI is InChI=1S/C21H30O6/c1-4-7-10-13-14(11-8-5-2)17(20(24)25)18(21(26)27)15(12-9-6-3)16(13)19(22)23/h4-12H2,1-3H3,(H,22,23)(H,24,25)(H,26,27)/p-3. The second-order valence-corrected chi connectivity index (χ2v) is 6.73. The van der Waals surface area contributed by atoms with Crippen molar-refractivity contribution in [3.8, 4) is 0 Å². The van der Waals surface area contributed by atoms with Crippen molar-refractivity contribution in [2.24, 2.45) is 0 Å². The molecule has 0 aromatic heterocycles. The zero-order chi connectivity index (χ0) is 20.6. The molecule has 0 aliphatic heterocycles. The molecule has 0 aliphatic carbocycles. The highest BCUT2D eigenvalue weighted by Gasteiger charge is 2.24. The number of aromatic carboxylic acids is 3. The first kappa shape index (κ1) is 22.7. The van der Waals surface area contributed by atoms with E-state index in [1.165, 1.54) is 0 Å². The van der Waals surface area contributed by atoms with Crippen molar-refractivity contribution < 1.29 is 29.7 Å². The molecule has 1 rings (SSSR count). The van der Waals surface area contributed by atoms with E-state index in [0.717, 1.165) is 12.8 Å². The first-order valence-electron chi connectivity index (χ1n) is 9.66. The average Bonchev–Trinajstić information content (AvgIpc) is 2.61. The van der Waals surface area contributed by atoms with Crippen LogP contribution in [0.1, 0.15) is 107 Å². The summed E-state index contributed by atoms with van der Waals surface area (Å²) in [5.74, 6) is -4.78. The van der Waals surface area contributed by atoms with E-state index in [1.54, 1.807) is 0 Å². The fraction of sp³-hybridized carbons (Fsp3) is 0.571. The number of carbonyl (C=O) groups is 3. The highest BCUT2D eigenvalue weighted by molar-refractivity contribution is 6.06. The van der Waals surface area contributed by atoms with Crippen LogP contribution in [0.2, 0.25) is 0 Å². The lowest BCUT2D eigenvalue weighted by molar-refractivity contribution is -0.260. The van der Waals surface area contributed by atoms with Crippen molar-refractivity contribution in [2.75, 3.05) is 0 Å². The number of rotatable bonds is 12. The predicted octanol–water partition coefficient (Wildman–Crippen LogP) is 0.805. The minimum Gasteiger partial charge on any atom is -0.545 e. The number of carboxylic acids is 3. The van der Waals surface area contributed by atoms with Crippen LogP contribution in [0.15, 0.2) is 0 Å². The summed E-state index contributed by atoms with van der Waals surface area (Å²) in [5.41, 5.74) is -0.557. The van der Waals surface area contributed by atoms with Gasteiger partial charge in [0, 0.05) is 16.7 Å². The lowest BCUT2D eigenvalue weighted by Crippen LogP contribution is -2.36. The number of carbonyl (C=O) groups excluding carboxylic acids is 3. The van der Waals surface area contributed by atoms with Crippen LogP contribution < -0.4 is 15.3 Å². The van der Waals surface area contributed by atoms with Crippen LogP contribution in [0.3, 0.4) is 0 Å². The summed E-state index contributed by atoms with van der Waals surface area (Å²) in [5, 5.41) is 35.7. The van der Waals surface area contributed by atoms with E-state index in [4.69, 9.17) is 0 Å². The van der Waals surface area contributed by atoms with Gasteiger partial charge in [-0.25, -0.2) is 0 Å². The summed E-state index contributed by atoms with van der Waals surface area (Å²) in [6, 6.07) is 0. The molecule has 6 heteroatoms. The molecule has 0 saturated carbocycles.